The van der Waals surface area contributed by atoms with Crippen molar-refractivity contribution >= 4 is 28.2 Å². The third-order valence-corrected chi connectivity index (χ3v) is 5.14. The fourth-order valence-corrected chi connectivity index (χ4v) is 4.03. The van der Waals surface area contributed by atoms with Crippen LogP contribution in [0.3, 0.4) is 0 Å². The van der Waals surface area contributed by atoms with Crippen LogP contribution in [0.25, 0.3) is 10.9 Å². The lowest BCUT2D eigenvalue weighted by Gasteiger charge is -2.33. The van der Waals surface area contributed by atoms with E-state index in [0.29, 0.717) is 12.1 Å². The molecule has 2 atom stereocenters. The molecule has 1 N–H and O–H groups in total. The maximum atomic E-state index is 6.07. The molecular formula is C17H20ClN3. The van der Waals surface area contributed by atoms with Crippen LogP contribution in [-0.2, 0) is 0 Å². The van der Waals surface area contributed by atoms with Crippen LogP contribution >= 0.6 is 11.6 Å². The van der Waals surface area contributed by atoms with E-state index >= 15 is 0 Å². The molecule has 1 aromatic carbocycles. The summed E-state index contributed by atoms with van der Waals surface area (Å²) in [6.45, 7) is 2.51. The summed E-state index contributed by atoms with van der Waals surface area (Å²) in [6, 6.07) is 9.30. The van der Waals surface area contributed by atoms with Crippen LogP contribution in [0.2, 0.25) is 5.02 Å². The molecule has 0 radical (unpaired) electrons. The van der Waals surface area contributed by atoms with E-state index in [-0.39, 0.29) is 0 Å². The Morgan fingerprint density at radius 2 is 2.10 bits per heavy atom. The van der Waals surface area contributed by atoms with Crippen LogP contribution < -0.4 is 5.32 Å². The highest BCUT2D eigenvalue weighted by molar-refractivity contribution is 6.31. The van der Waals surface area contributed by atoms with Gasteiger partial charge in [-0.05, 0) is 50.1 Å². The zero-order valence-electron chi connectivity index (χ0n) is 12.1. The summed E-state index contributed by atoms with van der Waals surface area (Å²) in [7, 11) is 0. The first-order valence-electron chi connectivity index (χ1n) is 7.86. The third-order valence-electron chi connectivity index (χ3n) is 4.90. The van der Waals surface area contributed by atoms with Crippen molar-refractivity contribution in [2.45, 2.75) is 37.8 Å². The van der Waals surface area contributed by atoms with Gasteiger partial charge in [0.2, 0.25) is 0 Å². The Bertz CT molecular complexity index is 658. The van der Waals surface area contributed by atoms with Crippen LogP contribution in [0, 0.1) is 0 Å². The van der Waals surface area contributed by atoms with E-state index in [2.05, 4.69) is 27.3 Å². The Hall–Kier alpha value is -1.32. The van der Waals surface area contributed by atoms with Gasteiger partial charge in [-0.25, -0.2) is 0 Å². The summed E-state index contributed by atoms with van der Waals surface area (Å²) in [5.41, 5.74) is 2.15. The number of pyridine rings is 1. The number of nitrogens with zero attached hydrogens (tertiary/aromatic N) is 2. The van der Waals surface area contributed by atoms with Gasteiger partial charge in [-0.15, -0.1) is 0 Å². The molecule has 3 nitrogen and oxygen atoms in total. The number of piperidine rings is 1. The monoisotopic (exact) mass is 301 g/mol. The summed E-state index contributed by atoms with van der Waals surface area (Å²) in [5, 5.41) is 5.68. The number of benzene rings is 1. The van der Waals surface area contributed by atoms with Gasteiger partial charge in [0.15, 0.2) is 0 Å². The first-order valence-corrected chi connectivity index (χ1v) is 8.24. The number of rotatable bonds is 2. The second kappa shape index (κ2) is 5.47. The molecule has 2 aliphatic heterocycles. The van der Waals surface area contributed by atoms with Gasteiger partial charge >= 0.3 is 0 Å². The number of hydrogen-bond acceptors (Lipinski definition) is 3. The van der Waals surface area contributed by atoms with Crippen molar-refractivity contribution in [1.29, 1.82) is 0 Å². The summed E-state index contributed by atoms with van der Waals surface area (Å²) in [4.78, 5) is 7.08. The molecule has 0 bridgehead atoms. The maximum absolute atomic E-state index is 6.07. The Balaban J connectivity index is 1.62. The highest BCUT2D eigenvalue weighted by Gasteiger charge is 2.35. The Morgan fingerprint density at radius 3 is 3.05 bits per heavy atom. The van der Waals surface area contributed by atoms with Gasteiger partial charge in [-0.2, -0.15) is 0 Å². The Morgan fingerprint density at radius 1 is 1.14 bits per heavy atom. The van der Waals surface area contributed by atoms with Crippen molar-refractivity contribution in [3.63, 3.8) is 0 Å². The van der Waals surface area contributed by atoms with Crippen LogP contribution in [0.5, 0.6) is 0 Å². The minimum atomic E-state index is 0.562. The van der Waals surface area contributed by atoms with Gasteiger partial charge in [-0.3, -0.25) is 9.88 Å². The predicted octanol–water partition coefficient (Wildman–Crippen LogP) is 3.93. The molecule has 0 aliphatic carbocycles. The zero-order valence-corrected chi connectivity index (χ0v) is 12.8. The first-order chi connectivity index (χ1) is 10.3. The quantitative estimate of drug-likeness (QED) is 0.911. The summed E-state index contributed by atoms with van der Waals surface area (Å²) in [6.07, 6.45) is 7.16. The minimum absolute atomic E-state index is 0.562. The number of hydrogen-bond donors (Lipinski definition) is 1. The number of nitrogens with one attached hydrogen (secondary N) is 1. The number of aromatic nitrogens is 1. The summed E-state index contributed by atoms with van der Waals surface area (Å²) < 4.78 is 0. The average molecular weight is 302 g/mol. The molecule has 3 heterocycles. The van der Waals surface area contributed by atoms with E-state index < -0.39 is 0 Å². The van der Waals surface area contributed by atoms with E-state index in [4.69, 9.17) is 11.6 Å². The average Bonchev–Trinajstić information content (AvgIpc) is 2.91. The summed E-state index contributed by atoms with van der Waals surface area (Å²) in [5.74, 6) is 0. The standard InChI is InChI=1S/C17H20ClN3/c18-12-4-5-13-14(6-8-19-16(13)11-12)20-15-7-10-21-9-2-1-3-17(15)21/h4-6,8,11,15,17H,1-3,7,9-10H2,(H,19,20). The molecule has 4 rings (SSSR count). The topological polar surface area (TPSA) is 28.2 Å². The number of halogens is 1. The van der Waals surface area contributed by atoms with Crippen molar-refractivity contribution in [2.75, 3.05) is 18.4 Å². The molecule has 110 valence electrons. The van der Waals surface area contributed by atoms with Crippen LogP contribution in [0.4, 0.5) is 5.69 Å². The SMILES string of the molecule is Clc1ccc2c(NC3CCN4CCCCC34)ccnc2c1. The molecule has 0 amide bonds. The fraction of sp³-hybridized carbons (Fsp3) is 0.471. The third kappa shape index (κ3) is 2.49. The molecule has 21 heavy (non-hydrogen) atoms. The smallest absolute Gasteiger partial charge is 0.0737 e. The van der Waals surface area contributed by atoms with E-state index in [0.717, 1.165) is 15.9 Å². The van der Waals surface area contributed by atoms with E-state index in [1.54, 1.807) is 0 Å². The number of fused-ring (bicyclic) bond motifs is 2. The molecule has 2 unspecified atom stereocenters. The van der Waals surface area contributed by atoms with Crippen LogP contribution in [0.15, 0.2) is 30.5 Å². The Kier molecular flexibility index (Phi) is 3.48. The largest absolute Gasteiger partial charge is 0.380 e. The van der Waals surface area contributed by atoms with Gasteiger partial charge < -0.3 is 5.32 Å². The Labute approximate surface area is 130 Å². The van der Waals surface area contributed by atoms with Gasteiger partial charge in [-0.1, -0.05) is 18.0 Å². The van der Waals surface area contributed by atoms with E-state index in [9.17, 15) is 0 Å². The van der Waals surface area contributed by atoms with Gasteiger partial charge in [0, 0.05) is 40.9 Å². The van der Waals surface area contributed by atoms with Crippen LogP contribution in [0.1, 0.15) is 25.7 Å². The number of anilines is 1. The minimum Gasteiger partial charge on any atom is -0.380 e. The molecule has 2 aliphatic rings. The molecule has 0 saturated carbocycles. The molecule has 4 heteroatoms. The zero-order chi connectivity index (χ0) is 14.2. The molecule has 2 aromatic rings. The molecular weight excluding hydrogens is 282 g/mol. The van der Waals surface area contributed by atoms with Crippen molar-refractivity contribution in [3.8, 4) is 0 Å². The highest BCUT2D eigenvalue weighted by Crippen LogP contribution is 2.31. The lowest BCUT2D eigenvalue weighted by atomic mass is 9.98. The van der Waals surface area contributed by atoms with Gasteiger partial charge in [0.25, 0.3) is 0 Å². The molecule has 2 saturated heterocycles. The van der Waals surface area contributed by atoms with Crippen molar-refractivity contribution in [1.82, 2.24) is 9.88 Å². The van der Waals surface area contributed by atoms with Gasteiger partial charge in [0.1, 0.15) is 0 Å². The van der Waals surface area contributed by atoms with Crippen LogP contribution in [-0.4, -0.2) is 35.1 Å². The second-order valence-electron chi connectivity index (χ2n) is 6.16. The lowest BCUT2D eigenvalue weighted by molar-refractivity contribution is 0.193. The fourth-order valence-electron chi connectivity index (χ4n) is 3.86. The maximum Gasteiger partial charge on any atom is 0.0737 e. The van der Waals surface area contributed by atoms with Crippen molar-refractivity contribution < 1.29 is 0 Å². The van der Waals surface area contributed by atoms with Crippen molar-refractivity contribution in [2.24, 2.45) is 0 Å². The van der Waals surface area contributed by atoms with E-state index in [1.807, 2.05) is 18.3 Å². The van der Waals surface area contributed by atoms with Crippen molar-refractivity contribution in [3.05, 3.63) is 35.5 Å². The molecule has 0 spiro atoms. The van der Waals surface area contributed by atoms with Gasteiger partial charge in [0.05, 0.1) is 5.52 Å². The lowest BCUT2D eigenvalue weighted by Crippen LogP contribution is -2.41. The second-order valence-corrected chi connectivity index (χ2v) is 6.60. The highest BCUT2D eigenvalue weighted by atomic mass is 35.5. The van der Waals surface area contributed by atoms with E-state index in [1.165, 1.54) is 44.5 Å². The molecule has 1 aromatic heterocycles. The normalized spacial score (nSPS) is 26.0. The summed E-state index contributed by atoms with van der Waals surface area (Å²) >= 11 is 6.07. The molecule has 2 fully saturated rings. The first kappa shape index (κ1) is 13.4. The predicted molar refractivity (Wildman–Crippen MR) is 88.0 cm³/mol.